The van der Waals surface area contributed by atoms with E-state index in [1.54, 1.807) is 7.11 Å². The second-order valence-corrected chi connectivity index (χ2v) is 5.02. The fraction of sp³-hybridized carbons (Fsp3) is 0.188. The summed E-state index contributed by atoms with van der Waals surface area (Å²) in [6.45, 7) is 3.96. The summed E-state index contributed by atoms with van der Waals surface area (Å²) in [7, 11) is 1.66. The van der Waals surface area contributed by atoms with Crippen molar-refractivity contribution in [1.82, 2.24) is 0 Å². The number of hydrogen-bond acceptors (Lipinski definition) is 2. The molecule has 0 spiro atoms. The molecule has 1 radical (unpaired) electrons. The minimum atomic E-state index is -0.0538. The van der Waals surface area contributed by atoms with Gasteiger partial charge in [0.1, 0.15) is 17.6 Å². The van der Waals surface area contributed by atoms with Gasteiger partial charge in [-0.05, 0) is 30.7 Å². The van der Waals surface area contributed by atoms with E-state index in [-0.39, 0.29) is 6.10 Å². The summed E-state index contributed by atoms with van der Waals surface area (Å²) in [5.41, 5.74) is 3.05. The van der Waals surface area contributed by atoms with Crippen molar-refractivity contribution in [3.05, 3.63) is 53.9 Å². The van der Waals surface area contributed by atoms with Crippen LogP contribution in [-0.2, 0) is 6.42 Å². The molecule has 1 atom stereocenters. The first-order chi connectivity index (χ1) is 9.19. The predicted molar refractivity (Wildman–Crippen MR) is 76.9 cm³/mol. The van der Waals surface area contributed by atoms with Crippen LogP contribution in [0.15, 0.2) is 36.4 Å². The van der Waals surface area contributed by atoms with E-state index in [2.05, 4.69) is 6.92 Å². The Hall–Kier alpha value is -1.67. The SMILES string of the molecule is [CH2]C1Cc2cc(Cl)cc(-c3ccccc3OC)c2O1. The molecule has 0 N–H and O–H groups in total. The zero-order chi connectivity index (χ0) is 13.4. The van der Waals surface area contributed by atoms with Crippen molar-refractivity contribution in [3.8, 4) is 22.6 Å². The highest BCUT2D eigenvalue weighted by atomic mass is 35.5. The topological polar surface area (TPSA) is 18.5 Å². The average Bonchev–Trinajstić information content (AvgIpc) is 2.77. The molecule has 0 amide bonds. The number of halogens is 1. The monoisotopic (exact) mass is 273 g/mol. The van der Waals surface area contributed by atoms with Crippen LogP contribution in [0.1, 0.15) is 5.56 Å². The normalized spacial score (nSPS) is 16.9. The summed E-state index contributed by atoms with van der Waals surface area (Å²) in [5.74, 6) is 1.68. The van der Waals surface area contributed by atoms with Crippen molar-refractivity contribution in [2.75, 3.05) is 7.11 Å². The Morgan fingerprint density at radius 2 is 2.05 bits per heavy atom. The molecule has 2 aromatic rings. The van der Waals surface area contributed by atoms with Crippen molar-refractivity contribution in [1.29, 1.82) is 0 Å². The number of para-hydroxylation sites is 1. The summed E-state index contributed by atoms with van der Waals surface area (Å²) in [5, 5.41) is 0.706. The first-order valence-corrected chi connectivity index (χ1v) is 6.52. The molecule has 2 aromatic carbocycles. The first kappa shape index (κ1) is 12.4. The molecule has 1 aliphatic heterocycles. The van der Waals surface area contributed by atoms with Crippen LogP contribution in [0.2, 0.25) is 5.02 Å². The molecule has 3 heteroatoms. The molecule has 3 rings (SSSR count). The van der Waals surface area contributed by atoms with Gasteiger partial charge in [0.15, 0.2) is 0 Å². The third-order valence-electron chi connectivity index (χ3n) is 3.26. The van der Waals surface area contributed by atoms with Crippen LogP contribution >= 0.6 is 11.6 Å². The van der Waals surface area contributed by atoms with Gasteiger partial charge in [0.25, 0.3) is 0 Å². The number of ether oxygens (including phenoxy) is 2. The fourth-order valence-electron chi connectivity index (χ4n) is 2.46. The zero-order valence-electron chi connectivity index (χ0n) is 10.7. The summed E-state index contributed by atoms with van der Waals surface area (Å²) in [6.07, 6.45) is 0.736. The van der Waals surface area contributed by atoms with Gasteiger partial charge in [-0.2, -0.15) is 0 Å². The van der Waals surface area contributed by atoms with Crippen LogP contribution in [-0.4, -0.2) is 13.2 Å². The van der Waals surface area contributed by atoms with Gasteiger partial charge in [-0.1, -0.05) is 29.8 Å². The molecule has 0 saturated heterocycles. The maximum Gasteiger partial charge on any atom is 0.131 e. The molecule has 97 valence electrons. The first-order valence-electron chi connectivity index (χ1n) is 6.14. The minimum absolute atomic E-state index is 0.0538. The van der Waals surface area contributed by atoms with Gasteiger partial charge in [0, 0.05) is 22.6 Å². The second kappa shape index (κ2) is 4.78. The lowest BCUT2D eigenvalue weighted by Crippen LogP contribution is -2.06. The number of methoxy groups -OCH3 is 1. The molecule has 19 heavy (non-hydrogen) atoms. The smallest absolute Gasteiger partial charge is 0.131 e. The Bertz CT molecular complexity index is 622. The van der Waals surface area contributed by atoms with Crippen LogP contribution in [0.25, 0.3) is 11.1 Å². The number of rotatable bonds is 2. The molecule has 0 aromatic heterocycles. The van der Waals surface area contributed by atoms with E-state index in [1.165, 1.54) is 0 Å². The summed E-state index contributed by atoms with van der Waals surface area (Å²) < 4.78 is 11.2. The van der Waals surface area contributed by atoms with E-state index in [0.29, 0.717) is 5.02 Å². The van der Waals surface area contributed by atoms with Gasteiger partial charge in [-0.15, -0.1) is 0 Å². The lowest BCUT2D eigenvalue weighted by atomic mass is 10.00. The third kappa shape index (κ3) is 2.17. The summed E-state index contributed by atoms with van der Waals surface area (Å²) >= 11 is 6.20. The molecule has 1 aliphatic rings. The van der Waals surface area contributed by atoms with Gasteiger partial charge in [-0.25, -0.2) is 0 Å². The van der Waals surface area contributed by atoms with Crippen molar-refractivity contribution in [2.24, 2.45) is 0 Å². The summed E-state index contributed by atoms with van der Waals surface area (Å²) in [4.78, 5) is 0. The Morgan fingerprint density at radius 3 is 2.84 bits per heavy atom. The summed E-state index contributed by atoms with van der Waals surface area (Å²) in [6, 6.07) is 11.7. The molecule has 0 aliphatic carbocycles. The standard InChI is InChI=1S/C16H14ClO2/c1-10-7-11-8-12(17)9-14(16(11)19-10)13-5-3-4-6-15(13)18-2/h3-6,8-10H,1,7H2,2H3. The van der Waals surface area contributed by atoms with Gasteiger partial charge in [0.05, 0.1) is 7.11 Å². The quantitative estimate of drug-likeness (QED) is 0.818. The van der Waals surface area contributed by atoms with Gasteiger partial charge in [0.2, 0.25) is 0 Å². The third-order valence-corrected chi connectivity index (χ3v) is 3.48. The average molecular weight is 274 g/mol. The van der Waals surface area contributed by atoms with Crippen LogP contribution in [0, 0.1) is 6.92 Å². The zero-order valence-corrected chi connectivity index (χ0v) is 11.4. The lowest BCUT2D eigenvalue weighted by Gasteiger charge is -2.13. The maximum absolute atomic E-state index is 6.20. The molecule has 1 unspecified atom stereocenters. The largest absolute Gasteiger partial charge is 0.496 e. The van der Waals surface area contributed by atoms with E-state index in [0.717, 1.165) is 34.6 Å². The van der Waals surface area contributed by atoms with Crippen molar-refractivity contribution >= 4 is 11.6 Å². The molecule has 0 bridgehead atoms. The Morgan fingerprint density at radius 1 is 1.26 bits per heavy atom. The Kier molecular flexibility index (Phi) is 3.11. The molecular weight excluding hydrogens is 260 g/mol. The second-order valence-electron chi connectivity index (χ2n) is 4.59. The highest BCUT2D eigenvalue weighted by Gasteiger charge is 2.24. The Labute approximate surface area is 117 Å². The molecule has 1 heterocycles. The fourth-order valence-corrected chi connectivity index (χ4v) is 2.70. The van der Waals surface area contributed by atoms with Crippen LogP contribution < -0.4 is 9.47 Å². The number of hydrogen-bond donors (Lipinski definition) is 0. The molecular formula is C16H14ClO2. The number of fused-ring (bicyclic) bond motifs is 1. The van der Waals surface area contributed by atoms with E-state index < -0.39 is 0 Å². The van der Waals surface area contributed by atoms with Crippen LogP contribution in [0.3, 0.4) is 0 Å². The Balaban J connectivity index is 2.21. The molecule has 0 fully saturated rings. The van der Waals surface area contributed by atoms with Gasteiger partial charge < -0.3 is 9.47 Å². The van der Waals surface area contributed by atoms with E-state index in [9.17, 15) is 0 Å². The lowest BCUT2D eigenvalue weighted by molar-refractivity contribution is 0.282. The van der Waals surface area contributed by atoms with Crippen molar-refractivity contribution < 1.29 is 9.47 Å². The highest BCUT2D eigenvalue weighted by Crippen LogP contribution is 2.43. The van der Waals surface area contributed by atoms with Gasteiger partial charge >= 0.3 is 0 Å². The van der Waals surface area contributed by atoms with Gasteiger partial charge in [-0.3, -0.25) is 0 Å². The number of benzene rings is 2. The van der Waals surface area contributed by atoms with Crippen LogP contribution in [0.5, 0.6) is 11.5 Å². The van der Waals surface area contributed by atoms with E-state index in [4.69, 9.17) is 21.1 Å². The highest BCUT2D eigenvalue weighted by molar-refractivity contribution is 6.31. The molecule has 0 saturated carbocycles. The maximum atomic E-state index is 6.20. The van der Waals surface area contributed by atoms with E-state index in [1.807, 2.05) is 36.4 Å². The van der Waals surface area contributed by atoms with E-state index >= 15 is 0 Å². The predicted octanol–water partition coefficient (Wildman–Crippen LogP) is 4.15. The minimum Gasteiger partial charge on any atom is -0.496 e. The molecule has 2 nitrogen and oxygen atoms in total. The van der Waals surface area contributed by atoms with Crippen molar-refractivity contribution in [3.63, 3.8) is 0 Å². The van der Waals surface area contributed by atoms with Crippen LogP contribution in [0.4, 0.5) is 0 Å². The van der Waals surface area contributed by atoms with Crippen molar-refractivity contribution in [2.45, 2.75) is 12.5 Å².